The first kappa shape index (κ1) is 29.2. The molecule has 2 aromatic rings. The van der Waals surface area contributed by atoms with E-state index in [2.05, 4.69) is 16.9 Å². The summed E-state index contributed by atoms with van der Waals surface area (Å²) in [5.41, 5.74) is 2.70. The van der Waals surface area contributed by atoms with Crippen LogP contribution in [0.1, 0.15) is 23.7 Å². The number of carboxylic acid groups (broad SMARTS) is 1. The number of ether oxygens (including phenoxy) is 4. The fourth-order valence-electron chi connectivity index (χ4n) is 5.95. The van der Waals surface area contributed by atoms with Crippen LogP contribution in [0.25, 0.3) is 10.9 Å². The molecule has 3 unspecified atom stereocenters. The van der Waals surface area contributed by atoms with Crippen LogP contribution in [-0.2, 0) is 35.0 Å². The lowest BCUT2D eigenvalue weighted by Crippen LogP contribution is -2.60. The number of aromatic nitrogens is 1. The van der Waals surface area contributed by atoms with Crippen LogP contribution in [0.5, 0.6) is 0 Å². The van der Waals surface area contributed by atoms with Crippen molar-refractivity contribution < 1.29 is 54.1 Å². The number of hydrogen-bond acceptors (Lipinski definition) is 11. The molecule has 1 saturated heterocycles. The minimum atomic E-state index is -1.67. The molecule has 3 aliphatic heterocycles. The number of methoxy groups -OCH3 is 1. The van der Waals surface area contributed by atoms with E-state index in [0.29, 0.717) is 0 Å². The highest BCUT2D eigenvalue weighted by atomic mass is 16.8. The number of fused-ring (bicyclic) bond motifs is 3. The highest BCUT2D eigenvalue weighted by Crippen LogP contribution is 2.42. The highest BCUT2D eigenvalue weighted by Gasteiger charge is 2.48. The number of H-pyrrole nitrogens is 1. The van der Waals surface area contributed by atoms with Crippen LogP contribution in [0.4, 0.5) is 0 Å². The summed E-state index contributed by atoms with van der Waals surface area (Å²) in [5, 5.41) is 54.3. The second-order valence-electron chi connectivity index (χ2n) is 10.4. The van der Waals surface area contributed by atoms with Crippen LogP contribution in [0.15, 0.2) is 48.8 Å². The van der Waals surface area contributed by atoms with Gasteiger partial charge in [-0.1, -0.05) is 24.3 Å². The highest BCUT2D eigenvalue weighted by molar-refractivity contribution is 5.89. The van der Waals surface area contributed by atoms with Gasteiger partial charge in [0, 0.05) is 40.9 Å². The van der Waals surface area contributed by atoms with Crippen molar-refractivity contribution in [2.24, 2.45) is 11.8 Å². The zero-order valence-electron chi connectivity index (χ0n) is 22.3. The first-order chi connectivity index (χ1) is 19.7. The van der Waals surface area contributed by atoms with Crippen LogP contribution in [0.3, 0.4) is 0 Å². The summed E-state index contributed by atoms with van der Waals surface area (Å²) in [7, 11) is 1.23. The molecule has 1 fully saturated rings. The Kier molecular flexibility index (Phi) is 8.47. The number of carbonyl (C=O) groups excluding carboxylic acids is 1. The third-order valence-electron chi connectivity index (χ3n) is 8.11. The second kappa shape index (κ2) is 11.9. The molecular weight excluding hydrogens is 540 g/mol. The number of esters is 1. The molecule has 1 aromatic heterocycles. The average molecular weight is 575 g/mol. The molecule has 10 atom stereocenters. The molecular formula is C28H34N2O11. The number of benzene rings is 1. The molecule has 13 heteroatoms. The maximum absolute atomic E-state index is 12.8. The van der Waals surface area contributed by atoms with E-state index >= 15 is 0 Å². The molecule has 1 aromatic carbocycles. The van der Waals surface area contributed by atoms with Gasteiger partial charge in [0.25, 0.3) is 0 Å². The predicted octanol–water partition coefficient (Wildman–Crippen LogP) is -0.154. The molecule has 0 radical (unpaired) electrons. The van der Waals surface area contributed by atoms with Crippen molar-refractivity contribution in [3.8, 4) is 0 Å². The lowest BCUT2D eigenvalue weighted by Gasteiger charge is -2.43. The van der Waals surface area contributed by atoms with Crippen molar-refractivity contribution in [3.63, 3.8) is 0 Å². The molecule has 0 saturated carbocycles. The number of aliphatic carboxylic acids is 1. The Balaban J connectivity index is 1.47. The number of para-hydroxylation sites is 1. The Hall–Kier alpha value is -3.30. The number of carboxylic acids is 1. The molecule has 222 valence electrons. The van der Waals surface area contributed by atoms with Gasteiger partial charge in [0.15, 0.2) is 6.29 Å². The van der Waals surface area contributed by atoms with Gasteiger partial charge in [0.1, 0.15) is 30.5 Å². The minimum Gasteiger partial charge on any atom is -0.480 e. The number of aliphatic hydroxyl groups is 4. The SMILES string of the molecule is C=CC1C(C[C@@H]2NC(C(=O)O)Cc3c2[nH]c2ccccc32)C(C(=O)OC)=CO[C@H]1O[C@@H]1O[C@H](CO)[C@@H](O)[C@H](O)[C@H]1O. The fourth-order valence-corrected chi connectivity index (χ4v) is 5.95. The number of hydrogen-bond donors (Lipinski definition) is 7. The summed E-state index contributed by atoms with van der Waals surface area (Å²) in [6, 6.07) is 6.20. The topological polar surface area (TPSA) is 200 Å². The number of nitrogens with one attached hydrogen (secondary N) is 2. The largest absolute Gasteiger partial charge is 0.480 e. The van der Waals surface area contributed by atoms with Crippen LogP contribution < -0.4 is 5.32 Å². The normalized spacial score (nSPS) is 35.2. The molecule has 5 rings (SSSR count). The van der Waals surface area contributed by atoms with E-state index in [1.807, 2.05) is 24.3 Å². The van der Waals surface area contributed by atoms with E-state index in [1.165, 1.54) is 19.4 Å². The minimum absolute atomic E-state index is 0.169. The van der Waals surface area contributed by atoms with Gasteiger partial charge in [-0.05, 0) is 18.1 Å². The van der Waals surface area contributed by atoms with Gasteiger partial charge in [-0.2, -0.15) is 0 Å². The van der Waals surface area contributed by atoms with Crippen molar-refractivity contribution in [3.05, 3.63) is 60.0 Å². The van der Waals surface area contributed by atoms with Gasteiger partial charge in [0.05, 0.1) is 25.6 Å². The number of aromatic amines is 1. The summed E-state index contributed by atoms with van der Waals surface area (Å²) >= 11 is 0. The Labute approximate surface area is 235 Å². The van der Waals surface area contributed by atoms with Crippen molar-refractivity contribution in [1.82, 2.24) is 10.3 Å². The van der Waals surface area contributed by atoms with Crippen molar-refractivity contribution in [2.45, 2.75) is 61.9 Å². The van der Waals surface area contributed by atoms with Gasteiger partial charge < -0.3 is 49.5 Å². The van der Waals surface area contributed by atoms with E-state index in [4.69, 9.17) is 18.9 Å². The molecule has 0 amide bonds. The Morgan fingerprint density at radius 2 is 1.90 bits per heavy atom. The lowest BCUT2D eigenvalue weighted by atomic mass is 9.77. The zero-order chi connectivity index (χ0) is 29.4. The van der Waals surface area contributed by atoms with E-state index in [1.54, 1.807) is 0 Å². The molecule has 13 nitrogen and oxygen atoms in total. The van der Waals surface area contributed by atoms with Gasteiger partial charge >= 0.3 is 11.9 Å². The van der Waals surface area contributed by atoms with Gasteiger partial charge in [-0.3, -0.25) is 10.1 Å². The fraction of sp³-hybridized carbons (Fsp3) is 0.500. The van der Waals surface area contributed by atoms with Gasteiger partial charge in [-0.25, -0.2) is 4.79 Å². The lowest BCUT2D eigenvalue weighted by molar-refractivity contribution is -0.339. The summed E-state index contributed by atoms with van der Waals surface area (Å²) < 4.78 is 22.1. The van der Waals surface area contributed by atoms with Crippen molar-refractivity contribution >= 4 is 22.8 Å². The molecule has 3 aliphatic rings. The summed E-state index contributed by atoms with van der Waals surface area (Å²) in [4.78, 5) is 28.3. The predicted molar refractivity (Wildman–Crippen MR) is 141 cm³/mol. The zero-order valence-corrected chi connectivity index (χ0v) is 22.3. The molecule has 7 N–H and O–H groups in total. The van der Waals surface area contributed by atoms with Crippen molar-refractivity contribution in [2.75, 3.05) is 13.7 Å². The third kappa shape index (κ3) is 5.37. The van der Waals surface area contributed by atoms with E-state index in [-0.39, 0.29) is 18.4 Å². The smallest absolute Gasteiger partial charge is 0.337 e. The number of rotatable bonds is 8. The molecule has 0 bridgehead atoms. The third-order valence-corrected chi connectivity index (χ3v) is 8.11. The van der Waals surface area contributed by atoms with Crippen molar-refractivity contribution in [1.29, 1.82) is 0 Å². The van der Waals surface area contributed by atoms with Crippen LogP contribution >= 0.6 is 0 Å². The van der Waals surface area contributed by atoms with Crippen LogP contribution in [-0.4, -0.2) is 99.2 Å². The monoisotopic (exact) mass is 574 g/mol. The second-order valence-corrected chi connectivity index (χ2v) is 10.4. The molecule has 4 heterocycles. The number of aliphatic hydroxyl groups excluding tert-OH is 4. The van der Waals surface area contributed by atoms with Crippen LogP contribution in [0.2, 0.25) is 0 Å². The Bertz CT molecular complexity index is 1320. The number of carbonyl (C=O) groups is 2. The molecule has 0 spiro atoms. The Morgan fingerprint density at radius 1 is 1.15 bits per heavy atom. The van der Waals surface area contributed by atoms with E-state index in [0.717, 1.165) is 22.2 Å². The van der Waals surface area contributed by atoms with Gasteiger partial charge in [0.2, 0.25) is 6.29 Å². The maximum atomic E-state index is 12.8. The quantitative estimate of drug-likeness (QED) is 0.163. The van der Waals surface area contributed by atoms with E-state index in [9.17, 15) is 35.1 Å². The first-order valence-electron chi connectivity index (χ1n) is 13.3. The molecule has 41 heavy (non-hydrogen) atoms. The van der Waals surface area contributed by atoms with Crippen LogP contribution in [0, 0.1) is 11.8 Å². The summed E-state index contributed by atoms with van der Waals surface area (Å²) in [5.74, 6) is -3.06. The summed E-state index contributed by atoms with van der Waals surface area (Å²) in [6.07, 6.45) is -5.57. The van der Waals surface area contributed by atoms with E-state index < -0.39 is 79.5 Å². The first-order valence-corrected chi connectivity index (χ1v) is 13.3. The maximum Gasteiger partial charge on any atom is 0.337 e. The average Bonchev–Trinajstić information content (AvgIpc) is 3.36. The molecule has 0 aliphatic carbocycles. The standard InChI is InChI=1S/C28H34N2O11/c1-3-12-14(8-18-21-15(9-19(29-18)25(35)36)13-6-4-5-7-17(13)30-21)16(26(37)38-2)11-39-27(12)41-28-24(34)23(33)22(32)20(10-31)40-28/h3-7,11-12,14,18-20,22-24,27-34H,1,8-10H2,2H3,(H,35,36)/t12?,14?,18-,19?,20+,22+,23-,24+,27-,28-/m0/s1. The Morgan fingerprint density at radius 3 is 2.59 bits per heavy atom. The van der Waals surface area contributed by atoms with Gasteiger partial charge in [-0.15, -0.1) is 6.58 Å². The summed E-state index contributed by atoms with van der Waals surface area (Å²) in [6.45, 7) is 3.26.